The number of methoxy groups -OCH3 is 1. The van der Waals surface area contributed by atoms with Gasteiger partial charge in [0.15, 0.2) is 17.3 Å². The molecule has 0 saturated carbocycles. The number of amides is 2. The second-order valence-electron chi connectivity index (χ2n) is 4.95. The van der Waals surface area contributed by atoms with Crippen LogP contribution in [0.5, 0.6) is 17.2 Å². The van der Waals surface area contributed by atoms with Crippen LogP contribution in [0.2, 0.25) is 0 Å². The van der Waals surface area contributed by atoms with E-state index < -0.39 is 21.9 Å². The molecule has 134 valence electrons. The highest BCUT2D eigenvalue weighted by atomic mass is 32.2. The quantitative estimate of drug-likeness (QED) is 0.723. The number of sulfonamides is 1. The summed E-state index contributed by atoms with van der Waals surface area (Å²) in [5.41, 5.74) is 5.32. The molecule has 0 heterocycles. The number of primary amides is 1. The lowest BCUT2D eigenvalue weighted by Crippen LogP contribution is -2.20. The lowest BCUT2D eigenvalue weighted by Gasteiger charge is -2.15. The number of halogens is 1. The van der Waals surface area contributed by atoms with Crippen molar-refractivity contribution in [2.45, 2.75) is 0 Å². The van der Waals surface area contributed by atoms with E-state index in [1.54, 1.807) is 0 Å². The third kappa shape index (κ3) is 4.98. The molecule has 0 atom stereocenters. The van der Waals surface area contributed by atoms with Gasteiger partial charge in [-0.15, -0.1) is 0 Å². The van der Waals surface area contributed by atoms with Crippen molar-refractivity contribution in [1.82, 2.24) is 0 Å². The molecule has 0 spiro atoms. The van der Waals surface area contributed by atoms with Crippen LogP contribution in [-0.2, 0) is 10.0 Å². The Morgan fingerprint density at radius 3 is 2.52 bits per heavy atom. The highest BCUT2D eigenvalue weighted by Crippen LogP contribution is 2.38. The normalized spacial score (nSPS) is 10.8. The molecular formula is C15H16FN3O5S. The third-order valence-electron chi connectivity index (χ3n) is 2.90. The van der Waals surface area contributed by atoms with Crippen LogP contribution in [0.3, 0.4) is 0 Å². The maximum absolute atomic E-state index is 14.0. The monoisotopic (exact) mass is 369 g/mol. The first kappa shape index (κ1) is 18.3. The molecule has 0 aliphatic rings. The minimum absolute atomic E-state index is 0.0428. The largest absolute Gasteiger partial charge is 0.493 e. The average molecular weight is 369 g/mol. The fourth-order valence-corrected chi connectivity index (χ4v) is 2.54. The summed E-state index contributed by atoms with van der Waals surface area (Å²) in [6.45, 7) is 0. The summed E-state index contributed by atoms with van der Waals surface area (Å²) < 4.78 is 49.4. The molecule has 4 N–H and O–H groups in total. The van der Waals surface area contributed by atoms with Crippen LogP contribution in [0.4, 0.5) is 20.6 Å². The molecule has 10 heteroatoms. The number of para-hydroxylation sites is 1. The Labute approximate surface area is 143 Å². The summed E-state index contributed by atoms with van der Waals surface area (Å²) in [7, 11) is -2.18. The maximum Gasteiger partial charge on any atom is 0.316 e. The zero-order chi connectivity index (χ0) is 18.6. The van der Waals surface area contributed by atoms with Crippen molar-refractivity contribution in [2.75, 3.05) is 23.4 Å². The van der Waals surface area contributed by atoms with Crippen LogP contribution in [0, 0.1) is 5.82 Å². The van der Waals surface area contributed by atoms with Gasteiger partial charge in [-0.05, 0) is 30.3 Å². The Bertz CT molecular complexity index is 902. The Balaban J connectivity index is 2.45. The molecule has 2 rings (SSSR count). The van der Waals surface area contributed by atoms with Crippen LogP contribution in [-0.4, -0.2) is 27.8 Å². The van der Waals surface area contributed by atoms with Crippen LogP contribution >= 0.6 is 0 Å². The summed E-state index contributed by atoms with van der Waals surface area (Å²) >= 11 is 0. The first-order valence-corrected chi connectivity index (χ1v) is 8.77. The lowest BCUT2D eigenvalue weighted by atomic mass is 10.2. The summed E-state index contributed by atoms with van der Waals surface area (Å²) in [5.74, 6) is -0.686. The predicted octanol–water partition coefficient (Wildman–Crippen LogP) is 2.49. The van der Waals surface area contributed by atoms with Gasteiger partial charge in [-0.3, -0.25) is 4.72 Å². The highest BCUT2D eigenvalue weighted by Gasteiger charge is 2.16. The molecule has 0 aliphatic carbocycles. The average Bonchev–Trinajstić information content (AvgIpc) is 2.49. The van der Waals surface area contributed by atoms with Crippen molar-refractivity contribution in [3.63, 3.8) is 0 Å². The van der Waals surface area contributed by atoms with Gasteiger partial charge in [0.2, 0.25) is 15.8 Å². The van der Waals surface area contributed by atoms with Gasteiger partial charge >= 0.3 is 6.03 Å². The molecule has 0 radical (unpaired) electrons. The first-order valence-electron chi connectivity index (χ1n) is 6.88. The molecule has 0 fully saturated rings. The molecule has 8 nitrogen and oxygen atoms in total. The van der Waals surface area contributed by atoms with E-state index in [4.69, 9.17) is 15.2 Å². The van der Waals surface area contributed by atoms with Crippen molar-refractivity contribution >= 4 is 27.4 Å². The molecule has 0 unspecified atom stereocenters. The minimum atomic E-state index is -3.53. The number of hydrogen-bond acceptors (Lipinski definition) is 5. The standard InChI is InChI=1S/C15H16FN3O5S/c1-23-13-5-3-4-10(16)14(13)24-12-7-6-9(19-25(2,21)22)8-11(12)18-15(17)20/h3-8,19H,1-2H3,(H3,17,18,20). The summed E-state index contributed by atoms with van der Waals surface area (Å²) in [4.78, 5) is 11.2. The van der Waals surface area contributed by atoms with Gasteiger partial charge in [0, 0.05) is 0 Å². The Morgan fingerprint density at radius 1 is 1.20 bits per heavy atom. The number of anilines is 2. The molecule has 0 aromatic heterocycles. The van der Waals surface area contributed by atoms with E-state index in [0.717, 1.165) is 6.26 Å². The molecular weight excluding hydrogens is 353 g/mol. The number of ether oxygens (including phenoxy) is 2. The first-order chi connectivity index (χ1) is 11.7. The number of rotatable bonds is 6. The van der Waals surface area contributed by atoms with Gasteiger partial charge in [0.05, 0.1) is 24.7 Å². The Hall–Kier alpha value is -3.01. The molecule has 2 amide bonds. The zero-order valence-electron chi connectivity index (χ0n) is 13.4. The van der Waals surface area contributed by atoms with Crippen LogP contribution < -0.4 is 25.2 Å². The van der Waals surface area contributed by atoms with Crippen LogP contribution in [0.1, 0.15) is 0 Å². The number of benzene rings is 2. The van der Waals surface area contributed by atoms with Crippen LogP contribution in [0.15, 0.2) is 36.4 Å². The van der Waals surface area contributed by atoms with Crippen molar-refractivity contribution in [1.29, 1.82) is 0 Å². The smallest absolute Gasteiger partial charge is 0.316 e. The number of carbonyl (C=O) groups is 1. The Kier molecular flexibility index (Phi) is 5.32. The van der Waals surface area contributed by atoms with E-state index in [0.29, 0.717) is 0 Å². The molecule has 2 aromatic rings. The number of nitrogens with one attached hydrogen (secondary N) is 2. The molecule has 0 aliphatic heterocycles. The summed E-state index contributed by atoms with van der Waals surface area (Å²) in [6, 6.07) is 7.25. The topological polar surface area (TPSA) is 120 Å². The second-order valence-corrected chi connectivity index (χ2v) is 6.70. The summed E-state index contributed by atoms with van der Waals surface area (Å²) in [5, 5.41) is 2.29. The SMILES string of the molecule is COc1cccc(F)c1Oc1ccc(NS(C)(=O)=O)cc1NC(N)=O. The number of hydrogen-bond donors (Lipinski definition) is 3. The predicted molar refractivity (Wildman–Crippen MR) is 91.1 cm³/mol. The van der Waals surface area contributed by atoms with E-state index in [1.165, 1.54) is 43.5 Å². The van der Waals surface area contributed by atoms with Gasteiger partial charge in [0.1, 0.15) is 0 Å². The van der Waals surface area contributed by atoms with Crippen LogP contribution in [0.25, 0.3) is 0 Å². The highest BCUT2D eigenvalue weighted by molar-refractivity contribution is 7.92. The fraction of sp³-hybridized carbons (Fsp3) is 0.133. The second kappa shape index (κ2) is 7.26. The van der Waals surface area contributed by atoms with Gasteiger partial charge in [-0.25, -0.2) is 17.6 Å². The minimum Gasteiger partial charge on any atom is -0.493 e. The van der Waals surface area contributed by atoms with Crippen molar-refractivity contribution in [2.24, 2.45) is 5.73 Å². The molecule has 2 aromatic carbocycles. The fourth-order valence-electron chi connectivity index (χ4n) is 1.99. The molecule has 0 saturated heterocycles. The zero-order valence-corrected chi connectivity index (χ0v) is 14.2. The maximum atomic E-state index is 14.0. The van der Waals surface area contributed by atoms with E-state index in [2.05, 4.69) is 10.0 Å². The van der Waals surface area contributed by atoms with Crippen molar-refractivity contribution in [3.05, 3.63) is 42.2 Å². The van der Waals surface area contributed by atoms with E-state index in [9.17, 15) is 17.6 Å². The lowest BCUT2D eigenvalue weighted by molar-refractivity contribution is 0.259. The van der Waals surface area contributed by atoms with E-state index in [-0.39, 0.29) is 28.6 Å². The van der Waals surface area contributed by atoms with Gasteiger partial charge in [-0.1, -0.05) is 6.07 Å². The number of urea groups is 1. The van der Waals surface area contributed by atoms with E-state index in [1.807, 2.05) is 0 Å². The molecule has 25 heavy (non-hydrogen) atoms. The Morgan fingerprint density at radius 2 is 1.92 bits per heavy atom. The number of nitrogens with two attached hydrogens (primary N) is 1. The molecule has 0 bridgehead atoms. The number of carbonyl (C=O) groups excluding carboxylic acids is 1. The van der Waals surface area contributed by atoms with E-state index >= 15 is 0 Å². The van der Waals surface area contributed by atoms with Gasteiger partial charge < -0.3 is 20.5 Å². The van der Waals surface area contributed by atoms with Crippen molar-refractivity contribution in [3.8, 4) is 17.2 Å². The third-order valence-corrected chi connectivity index (χ3v) is 3.51. The van der Waals surface area contributed by atoms with Crippen molar-refractivity contribution < 1.29 is 27.1 Å². The summed E-state index contributed by atoms with van der Waals surface area (Å²) in [6.07, 6.45) is 0.975. The van der Waals surface area contributed by atoms with Gasteiger partial charge in [0.25, 0.3) is 0 Å². The van der Waals surface area contributed by atoms with Gasteiger partial charge in [-0.2, -0.15) is 0 Å².